The molecule has 0 unspecified atom stereocenters. The Labute approximate surface area is 246 Å². The first-order valence-electron chi connectivity index (χ1n) is 11.8. The predicted octanol–water partition coefficient (Wildman–Crippen LogP) is 11.5. The number of ether oxygens (including phenoxy) is 2. The summed E-state index contributed by atoms with van der Waals surface area (Å²) in [5.74, 6) is -0.490. The van der Waals surface area contributed by atoms with E-state index in [4.69, 9.17) is 9.47 Å². The molecule has 0 spiro atoms. The predicted molar refractivity (Wildman–Crippen MR) is 172 cm³/mol. The fourth-order valence-corrected chi connectivity index (χ4v) is 2.80. The zero-order valence-electron chi connectivity index (χ0n) is 22.2. The number of aryl methyl sites for hydroxylation is 5. The lowest BCUT2D eigenvalue weighted by atomic mass is 10.1. The lowest BCUT2D eigenvalue weighted by molar-refractivity contribution is -0.187. The van der Waals surface area contributed by atoms with Crippen LogP contribution in [0.25, 0.3) is 0 Å². The standard InChI is InChI=1S/C8H8F2.C8H9F.C8H10.C6H12O2.5CH4/c1-5-3-7(9)6(2)8(10)4-5;1-6-3-4-7(2)8(9)5-6;1-7-3-5-8(2)6-4-7;1-5-3-7-6(2)8-4-5;;;;;/h3-4H,1-2H3;3-5H,1-2H3;3-6H,1-2H3;5-6H,3-4H2,1-2H3;5*1H4. The summed E-state index contributed by atoms with van der Waals surface area (Å²) >= 11 is 0. The van der Waals surface area contributed by atoms with Crippen LogP contribution in [-0.2, 0) is 9.47 Å². The van der Waals surface area contributed by atoms with Crippen molar-refractivity contribution in [1.29, 1.82) is 0 Å². The van der Waals surface area contributed by atoms with Gasteiger partial charge in [-0.05, 0) is 83.4 Å². The Morgan fingerprint density at radius 3 is 1.20 bits per heavy atom. The van der Waals surface area contributed by atoms with Gasteiger partial charge in [-0.3, -0.25) is 0 Å². The van der Waals surface area contributed by atoms with Crippen molar-refractivity contribution in [3.63, 3.8) is 0 Å². The first-order chi connectivity index (χ1) is 16.4. The first kappa shape index (κ1) is 47.2. The molecule has 0 aromatic heterocycles. The average Bonchev–Trinajstić information content (AvgIpc) is 2.80. The van der Waals surface area contributed by atoms with E-state index in [1.165, 1.54) is 36.2 Å². The van der Waals surface area contributed by atoms with Crippen LogP contribution < -0.4 is 0 Å². The largest absolute Gasteiger partial charge is 0.353 e. The summed E-state index contributed by atoms with van der Waals surface area (Å²) in [4.78, 5) is 0. The maximum atomic E-state index is 12.6. The van der Waals surface area contributed by atoms with Crippen LogP contribution in [0.4, 0.5) is 13.2 Å². The molecule has 40 heavy (non-hydrogen) atoms. The fourth-order valence-electron chi connectivity index (χ4n) is 2.80. The quantitative estimate of drug-likeness (QED) is 0.268. The van der Waals surface area contributed by atoms with E-state index in [1.54, 1.807) is 19.9 Å². The normalized spacial score (nSPS) is 14.5. The molecule has 1 saturated heterocycles. The topological polar surface area (TPSA) is 18.5 Å². The molecule has 1 fully saturated rings. The molecule has 1 aliphatic rings. The number of halogens is 3. The van der Waals surface area contributed by atoms with E-state index in [-0.39, 0.29) is 54.8 Å². The summed E-state index contributed by atoms with van der Waals surface area (Å²) in [6, 6.07) is 16.3. The van der Waals surface area contributed by atoms with Gasteiger partial charge >= 0.3 is 0 Å². The third-order valence-electron chi connectivity index (χ3n) is 5.20. The van der Waals surface area contributed by atoms with Crippen molar-refractivity contribution < 1.29 is 22.6 Å². The highest BCUT2D eigenvalue weighted by molar-refractivity contribution is 5.24. The second-order valence-corrected chi connectivity index (χ2v) is 9.10. The molecule has 0 aliphatic carbocycles. The zero-order chi connectivity index (χ0) is 26.5. The van der Waals surface area contributed by atoms with Crippen LogP contribution in [-0.4, -0.2) is 19.5 Å². The maximum Gasteiger partial charge on any atom is 0.154 e. The molecule has 3 aromatic carbocycles. The molecule has 3 aromatic rings. The molecular formula is C35H59F3O2. The molecule has 0 saturated carbocycles. The highest BCUT2D eigenvalue weighted by atomic mass is 19.1. The lowest BCUT2D eigenvalue weighted by Crippen LogP contribution is -2.27. The molecule has 232 valence electrons. The Hall–Kier alpha value is -2.63. The van der Waals surface area contributed by atoms with Gasteiger partial charge < -0.3 is 9.47 Å². The van der Waals surface area contributed by atoms with Gasteiger partial charge in [-0.15, -0.1) is 0 Å². The van der Waals surface area contributed by atoms with Gasteiger partial charge in [0.05, 0.1) is 13.2 Å². The molecule has 1 heterocycles. The van der Waals surface area contributed by atoms with Crippen LogP contribution in [0.2, 0.25) is 0 Å². The molecule has 2 nitrogen and oxygen atoms in total. The third kappa shape index (κ3) is 19.4. The number of hydrogen-bond acceptors (Lipinski definition) is 2. The molecule has 0 N–H and O–H groups in total. The Morgan fingerprint density at radius 1 is 0.525 bits per heavy atom. The van der Waals surface area contributed by atoms with Crippen LogP contribution in [0.3, 0.4) is 0 Å². The zero-order valence-corrected chi connectivity index (χ0v) is 22.2. The van der Waals surface area contributed by atoms with Gasteiger partial charge in [0, 0.05) is 11.5 Å². The van der Waals surface area contributed by atoms with Crippen molar-refractivity contribution in [2.75, 3.05) is 13.2 Å². The number of benzene rings is 3. The Kier molecular flexibility index (Phi) is 28.5. The van der Waals surface area contributed by atoms with E-state index in [9.17, 15) is 13.2 Å². The smallest absolute Gasteiger partial charge is 0.154 e. The van der Waals surface area contributed by atoms with Crippen LogP contribution in [0.15, 0.2) is 54.6 Å². The van der Waals surface area contributed by atoms with Gasteiger partial charge in [0.1, 0.15) is 17.5 Å². The van der Waals surface area contributed by atoms with E-state index < -0.39 is 11.6 Å². The summed E-state index contributed by atoms with van der Waals surface area (Å²) in [6.45, 7) is 16.6. The molecule has 0 bridgehead atoms. The minimum atomic E-state index is -0.475. The number of rotatable bonds is 0. The van der Waals surface area contributed by atoms with E-state index >= 15 is 0 Å². The van der Waals surface area contributed by atoms with Crippen molar-refractivity contribution in [2.45, 2.75) is 98.8 Å². The van der Waals surface area contributed by atoms with Crippen molar-refractivity contribution in [2.24, 2.45) is 5.92 Å². The Balaban J connectivity index is -0.000000131. The minimum Gasteiger partial charge on any atom is -0.353 e. The van der Waals surface area contributed by atoms with E-state index in [2.05, 4.69) is 45.0 Å². The Morgan fingerprint density at radius 2 is 0.875 bits per heavy atom. The monoisotopic (exact) mass is 568 g/mol. The number of hydrogen-bond donors (Lipinski definition) is 0. The Bertz CT molecular complexity index is 971. The van der Waals surface area contributed by atoms with Crippen molar-refractivity contribution >= 4 is 0 Å². The van der Waals surface area contributed by atoms with Crippen LogP contribution in [0, 0.1) is 64.9 Å². The van der Waals surface area contributed by atoms with Gasteiger partial charge in [-0.25, -0.2) is 13.2 Å². The van der Waals surface area contributed by atoms with Gasteiger partial charge in [0.15, 0.2) is 6.29 Å². The molecule has 0 radical (unpaired) electrons. The van der Waals surface area contributed by atoms with Crippen LogP contribution in [0.5, 0.6) is 0 Å². The fraction of sp³-hybridized carbons (Fsp3) is 0.486. The van der Waals surface area contributed by atoms with Crippen LogP contribution >= 0.6 is 0 Å². The van der Waals surface area contributed by atoms with Gasteiger partial charge in [0.2, 0.25) is 0 Å². The van der Waals surface area contributed by atoms with Crippen LogP contribution in [0.1, 0.15) is 84.4 Å². The highest BCUT2D eigenvalue weighted by Gasteiger charge is 2.13. The van der Waals surface area contributed by atoms with Crippen molar-refractivity contribution in [1.82, 2.24) is 0 Å². The second kappa shape index (κ2) is 24.2. The molecule has 1 aliphatic heterocycles. The average molecular weight is 569 g/mol. The van der Waals surface area contributed by atoms with Gasteiger partial charge in [0.25, 0.3) is 0 Å². The van der Waals surface area contributed by atoms with E-state index in [0.717, 1.165) is 18.8 Å². The van der Waals surface area contributed by atoms with Crippen molar-refractivity contribution in [3.8, 4) is 0 Å². The highest BCUT2D eigenvalue weighted by Crippen LogP contribution is 2.13. The summed E-state index contributed by atoms with van der Waals surface area (Å²) in [5.41, 5.74) is 5.04. The summed E-state index contributed by atoms with van der Waals surface area (Å²) in [5, 5.41) is 0. The summed E-state index contributed by atoms with van der Waals surface area (Å²) in [7, 11) is 0. The summed E-state index contributed by atoms with van der Waals surface area (Å²) < 4.78 is 48.1. The third-order valence-corrected chi connectivity index (χ3v) is 5.20. The minimum absolute atomic E-state index is 0. The van der Waals surface area contributed by atoms with E-state index in [0.29, 0.717) is 17.0 Å². The summed E-state index contributed by atoms with van der Waals surface area (Å²) in [6.07, 6.45) is 0.0196. The first-order valence-corrected chi connectivity index (χ1v) is 11.8. The van der Waals surface area contributed by atoms with E-state index in [1.807, 2.05) is 19.9 Å². The molecular weight excluding hydrogens is 509 g/mol. The van der Waals surface area contributed by atoms with Gasteiger partial charge in [-0.2, -0.15) is 0 Å². The SMILES string of the molecule is C.C.C.C.C.CC1COC(C)OC1.Cc1cc(F)c(C)c(F)c1.Cc1ccc(C)c(F)c1.Cc1ccc(C)cc1. The maximum absolute atomic E-state index is 12.6. The van der Waals surface area contributed by atoms with Crippen molar-refractivity contribution in [3.05, 3.63) is 105 Å². The second-order valence-electron chi connectivity index (χ2n) is 9.10. The molecule has 5 heteroatoms. The molecule has 4 rings (SSSR count). The lowest BCUT2D eigenvalue weighted by Gasteiger charge is -2.24. The van der Waals surface area contributed by atoms with Gasteiger partial charge in [-0.1, -0.05) is 91.6 Å². The molecule has 0 amide bonds. The molecule has 0 atom stereocenters.